The number of hydrogen-bond donors (Lipinski definition) is 3. The molecule has 4 aromatic rings. The van der Waals surface area contributed by atoms with Crippen LogP contribution < -0.4 is 21.1 Å². The van der Waals surface area contributed by atoms with E-state index in [1.54, 1.807) is 18.2 Å². The van der Waals surface area contributed by atoms with E-state index in [4.69, 9.17) is 10.5 Å². The van der Waals surface area contributed by atoms with Crippen LogP contribution >= 0.6 is 0 Å². The fraction of sp³-hybridized carbons (Fsp3) is 0. The third-order valence-corrected chi connectivity index (χ3v) is 4.11. The molecule has 1 aromatic heterocycles. The predicted octanol–water partition coefficient (Wildman–Crippen LogP) is 5.48. The molecule has 0 fully saturated rings. The van der Waals surface area contributed by atoms with E-state index in [0.717, 1.165) is 11.4 Å². The van der Waals surface area contributed by atoms with Crippen LogP contribution in [0.1, 0.15) is 0 Å². The van der Waals surface area contributed by atoms with E-state index in [2.05, 4.69) is 20.6 Å². The van der Waals surface area contributed by atoms with E-state index in [1.165, 1.54) is 12.4 Å². The first-order chi connectivity index (χ1) is 14.2. The molecule has 3 aromatic carbocycles. The summed E-state index contributed by atoms with van der Waals surface area (Å²) in [6.07, 6.45) is 1.36. The molecule has 6 nitrogen and oxygen atoms in total. The SMILES string of the molecule is Nc1c(Nc2ccc(Oc3ccccc3)cc2)ncnc1Nc1ccccc1F. The Hall–Kier alpha value is -4.13. The Morgan fingerprint density at radius 3 is 2.07 bits per heavy atom. The number of halogens is 1. The molecule has 1 heterocycles. The molecule has 0 bridgehead atoms. The third-order valence-electron chi connectivity index (χ3n) is 4.11. The molecule has 144 valence electrons. The molecule has 0 saturated heterocycles. The largest absolute Gasteiger partial charge is 0.457 e. The van der Waals surface area contributed by atoms with Gasteiger partial charge in [0.15, 0.2) is 11.6 Å². The summed E-state index contributed by atoms with van der Waals surface area (Å²) in [5, 5.41) is 6.03. The molecule has 7 heteroatoms. The van der Waals surface area contributed by atoms with Crippen LogP contribution in [0.4, 0.5) is 33.1 Å². The van der Waals surface area contributed by atoms with Crippen molar-refractivity contribution in [3.8, 4) is 11.5 Å². The van der Waals surface area contributed by atoms with Gasteiger partial charge < -0.3 is 21.1 Å². The number of rotatable bonds is 6. The lowest BCUT2D eigenvalue weighted by Gasteiger charge is -2.13. The van der Waals surface area contributed by atoms with E-state index < -0.39 is 5.82 Å². The molecule has 0 aliphatic heterocycles. The third kappa shape index (κ3) is 4.41. The summed E-state index contributed by atoms with van der Waals surface area (Å²) in [6.45, 7) is 0. The summed E-state index contributed by atoms with van der Waals surface area (Å²) in [7, 11) is 0. The summed E-state index contributed by atoms with van der Waals surface area (Å²) < 4.78 is 19.7. The van der Waals surface area contributed by atoms with Crippen molar-refractivity contribution < 1.29 is 9.13 Å². The minimum Gasteiger partial charge on any atom is -0.457 e. The number of ether oxygens (including phenoxy) is 1. The van der Waals surface area contributed by atoms with Gasteiger partial charge >= 0.3 is 0 Å². The van der Waals surface area contributed by atoms with Crippen LogP contribution in [0.25, 0.3) is 0 Å². The highest BCUT2D eigenvalue weighted by Gasteiger charge is 2.10. The standard InChI is InChI=1S/C22H18FN5O/c23-18-8-4-5-9-19(18)28-22-20(24)21(25-14-26-22)27-15-10-12-17(13-11-15)29-16-6-2-1-3-7-16/h1-14H,24H2,(H2,25,26,27,28). The summed E-state index contributed by atoms with van der Waals surface area (Å²) in [6, 6.07) is 23.2. The number of hydrogen-bond acceptors (Lipinski definition) is 6. The van der Waals surface area contributed by atoms with Crippen molar-refractivity contribution in [1.29, 1.82) is 0 Å². The number of anilines is 5. The highest BCUT2D eigenvalue weighted by atomic mass is 19.1. The van der Waals surface area contributed by atoms with Crippen LogP contribution in [-0.4, -0.2) is 9.97 Å². The van der Waals surface area contributed by atoms with Crippen LogP contribution in [0, 0.1) is 5.82 Å². The first kappa shape index (κ1) is 18.2. The molecule has 0 spiro atoms. The van der Waals surface area contributed by atoms with Gasteiger partial charge in [-0.3, -0.25) is 0 Å². The Bertz CT molecular complexity index is 1100. The van der Waals surface area contributed by atoms with Gasteiger partial charge in [0.25, 0.3) is 0 Å². The summed E-state index contributed by atoms with van der Waals surface area (Å²) in [4.78, 5) is 8.28. The van der Waals surface area contributed by atoms with Gasteiger partial charge in [-0.25, -0.2) is 14.4 Å². The van der Waals surface area contributed by atoms with E-state index in [1.807, 2.05) is 54.6 Å². The topological polar surface area (TPSA) is 85.1 Å². The fourth-order valence-corrected chi connectivity index (χ4v) is 2.65. The molecule has 29 heavy (non-hydrogen) atoms. The molecule has 4 N–H and O–H groups in total. The van der Waals surface area contributed by atoms with Gasteiger partial charge in [0.05, 0.1) is 5.69 Å². The smallest absolute Gasteiger partial charge is 0.159 e. The molecule has 0 amide bonds. The van der Waals surface area contributed by atoms with Gasteiger partial charge in [0.2, 0.25) is 0 Å². The summed E-state index contributed by atoms with van der Waals surface area (Å²) in [5.74, 6) is 1.80. The molecular formula is C22H18FN5O. The maximum absolute atomic E-state index is 13.9. The molecular weight excluding hydrogens is 369 g/mol. The highest BCUT2D eigenvalue weighted by Crippen LogP contribution is 2.30. The lowest BCUT2D eigenvalue weighted by Crippen LogP contribution is -2.05. The first-order valence-corrected chi connectivity index (χ1v) is 8.91. The molecule has 0 radical (unpaired) electrons. The van der Waals surface area contributed by atoms with Crippen molar-refractivity contribution >= 4 is 28.7 Å². The molecule has 0 aliphatic carbocycles. The van der Waals surface area contributed by atoms with Crippen LogP contribution in [0.2, 0.25) is 0 Å². The van der Waals surface area contributed by atoms with Crippen molar-refractivity contribution in [1.82, 2.24) is 9.97 Å². The number of para-hydroxylation sites is 2. The molecule has 0 saturated carbocycles. The van der Waals surface area contributed by atoms with Crippen LogP contribution in [0.3, 0.4) is 0 Å². The second-order valence-corrected chi connectivity index (χ2v) is 6.15. The minimum absolute atomic E-state index is 0.278. The maximum Gasteiger partial charge on any atom is 0.159 e. The molecule has 4 rings (SSSR count). The summed E-state index contributed by atoms with van der Waals surface area (Å²) in [5.41, 5.74) is 7.50. The van der Waals surface area contributed by atoms with Gasteiger partial charge in [-0.1, -0.05) is 30.3 Å². The zero-order valence-electron chi connectivity index (χ0n) is 15.3. The quantitative estimate of drug-likeness (QED) is 0.406. The van der Waals surface area contributed by atoms with Crippen molar-refractivity contribution in [2.45, 2.75) is 0 Å². The van der Waals surface area contributed by atoms with Crippen LogP contribution in [0.15, 0.2) is 85.2 Å². The average Bonchev–Trinajstić information content (AvgIpc) is 2.75. The Labute approximate surface area is 167 Å². The number of nitrogens with one attached hydrogen (secondary N) is 2. The number of nitrogen functional groups attached to an aromatic ring is 1. The number of nitrogens with two attached hydrogens (primary N) is 1. The average molecular weight is 387 g/mol. The zero-order valence-corrected chi connectivity index (χ0v) is 15.3. The van der Waals surface area contributed by atoms with Gasteiger partial charge in [-0.2, -0.15) is 0 Å². The van der Waals surface area contributed by atoms with Gasteiger partial charge in [-0.05, 0) is 48.5 Å². The lowest BCUT2D eigenvalue weighted by atomic mass is 10.3. The van der Waals surface area contributed by atoms with Gasteiger partial charge in [0.1, 0.15) is 29.3 Å². The van der Waals surface area contributed by atoms with Gasteiger partial charge in [-0.15, -0.1) is 0 Å². The van der Waals surface area contributed by atoms with Crippen LogP contribution in [0.5, 0.6) is 11.5 Å². The Morgan fingerprint density at radius 2 is 1.34 bits per heavy atom. The number of nitrogens with zero attached hydrogens (tertiary/aromatic N) is 2. The number of aromatic nitrogens is 2. The predicted molar refractivity (Wildman–Crippen MR) is 112 cm³/mol. The van der Waals surface area contributed by atoms with E-state index in [0.29, 0.717) is 17.4 Å². The Balaban J connectivity index is 1.49. The second kappa shape index (κ2) is 8.26. The molecule has 0 aliphatic rings. The minimum atomic E-state index is -0.394. The Morgan fingerprint density at radius 1 is 0.724 bits per heavy atom. The number of benzene rings is 3. The van der Waals surface area contributed by atoms with Crippen molar-refractivity contribution in [3.05, 3.63) is 91.0 Å². The fourth-order valence-electron chi connectivity index (χ4n) is 2.65. The zero-order chi connectivity index (χ0) is 20.1. The normalized spacial score (nSPS) is 10.4. The van der Waals surface area contributed by atoms with E-state index in [9.17, 15) is 4.39 Å². The van der Waals surface area contributed by atoms with Crippen molar-refractivity contribution in [2.75, 3.05) is 16.4 Å². The maximum atomic E-state index is 13.9. The first-order valence-electron chi connectivity index (χ1n) is 8.91. The molecule has 0 unspecified atom stereocenters. The Kier molecular flexibility index (Phi) is 5.20. The van der Waals surface area contributed by atoms with Gasteiger partial charge in [0, 0.05) is 5.69 Å². The van der Waals surface area contributed by atoms with Crippen molar-refractivity contribution in [2.24, 2.45) is 0 Å². The van der Waals surface area contributed by atoms with Crippen LogP contribution in [-0.2, 0) is 0 Å². The lowest BCUT2D eigenvalue weighted by molar-refractivity contribution is 0.483. The monoisotopic (exact) mass is 387 g/mol. The van der Waals surface area contributed by atoms with E-state index in [-0.39, 0.29) is 11.4 Å². The molecule has 0 atom stereocenters. The second-order valence-electron chi connectivity index (χ2n) is 6.15. The van der Waals surface area contributed by atoms with E-state index >= 15 is 0 Å². The van der Waals surface area contributed by atoms with Crippen molar-refractivity contribution in [3.63, 3.8) is 0 Å². The summed E-state index contributed by atoms with van der Waals surface area (Å²) >= 11 is 0. The highest BCUT2D eigenvalue weighted by molar-refractivity contribution is 5.80.